The van der Waals surface area contributed by atoms with Crippen LogP contribution in [0.2, 0.25) is 0 Å². The average Bonchev–Trinajstić information content (AvgIpc) is 2.54. The summed E-state index contributed by atoms with van der Waals surface area (Å²) in [6, 6.07) is 7.58. The summed E-state index contributed by atoms with van der Waals surface area (Å²) in [7, 11) is 0. The predicted octanol–water partition coefficient (Wildman–Crippen LogP) is 4.07. The van der Waals surface area contributed by atoms with Crippen LogP contribution < -0.4 is 4.74 Å². The van der Waals surface area contributed by atoms with Crippen LogP contribution in [0.25, 0.3) is 5.70 Å². The van der Waals surface area contributed by atoms with Crippen molar-refractivity contribution in [2.75, 3.05) is 6.54 Å². The first-order chi connectivity index (χ1) is 11.4. The highest BCUT2D eigenvalue weighted by atomic mass is 16.5. The smallest absolute Gasteiger partial charge is 0.207 e. The van der Waals surface area contributed by atoms with Crippen molar-refractivity contribution < 1.29 is 4.74 Å². The van der Waals surface area contributed by atoms with Crippen molar-refractivity contribution in [2.24, 2.45) is 4.99 Å². The van der Waals surface area contributed by atoms with E-state index >= 15 is 0 Å². The van der Waals surface area contributed by atoms with Crippen molar-refractivity contribution >= 4 is 11.5 Å². The highest BCUT2D eigenvalue weighted by Crippen LogP contribution is 2.38. The van der Waals surface area contributed by atoms with Crippen LogP contribution in [0.3, 0.4) is 0 Å². The second-order valence-electron chi connectivity index (χ2n) is 6.32. The van der Waals surface area contributed by atoms with E-state index in [-0.39, 0.29) is 0 Å². The second kappa shape index (κ2) is 7.19. The lowest BCUT2D eigenvalue weighted by atomic mass is 9.96. The van der Waals surface area contributed by atoms with Crippen LogP contribution in [-0.4, -0.2) is 22.9 Å². The number of amidine groups is 1. The standard InChI is InChI=1S/C19H22N4O/c1-5-6-9-23(14(2)22-13-21)17-11-19(3,4)24-18-8-7-15(12-20)10-16(17)18/h7-8,10-11H,5-6,9H2,1-4H3. The molecule has 1 aliphatic rings. The van der Waals surface area contributed by atoms with Gasteiger partial charge in [0.2, 0.25) is 6.19 Å². The van der Waals surface area contributed by atoms with Gasteiger partial charge in [0.05, 0.1) is 17.3 Å². The Kier molecular flexibility index (Phi) is 5.26. The summed E-state index contributed by atoms with van der Waals surface area (Å²) in [5.74, 6) is 1.38. The maximum absolute atomic E-state index is 9.21. The maximum Gasteiger partial charge on any atom is 0.207 e. The van der Waals surface area contributed by atoms with Gasteiger partial charge in [-0.05, 0) is 51.5 Å². The van der Waals surface area contributed by atoms with Crippen molar-refractivity contribution in [1.82, 2.24) is 4.90 Å². The van der Waals surface area contributed by atoms with Gasteiger partial charge in [-0.3, -0.25) is 0 Å². The van der Waals surface area contributed by atoms with E-state index < -0.39 is 5.60 Å². The number of nitriles is 2. The minimum Gasteiger partial charge on any atom is -0.483 e. The quantitative estimate of drug-likeness (QED) is 0.476. The fourth-order valence-electron chi connectivity index (χ4n) is 2.74. The van der Waals surface area contributed by atoms with E-state index in [1.807, 2.05) is 50.1 Å². The topological polar surface area (TPSA) is 72.4 Å². The molecule has 0 spiro atoms. The van der Waals surface area contributed by atoms with Crippen LogP contribution in [0.4, 0.5) is 0 Å². The Morgan fingerprint density at radius 2 is 2.08 bits per heavy atom. The summed E-state index contributed by atoms with van der Waals surface area (Å²) in [6.07, 6.45) is 5.91. The molecule has 0 fully saturated rings. The van der Waals surface area contributed by atoms with Crippen molar-refractivity contribution in [3.63, 3.8) is 0 Å². The summed E-state index contributed by atoms with van der Waals surface area (Å²) in [5.41, 5.74) is 1.89. The SMILES string of the molecule is CCCCN(C1=CC(C)(C)Oc2ccc(C#N)cc21)C(C)=NC#N. The average molecular weight is 322 g/mol. The van der Waals surface area contributed by atoms with E-state index in [1.54, 1.807) is 6.07 Å². The van der Waals surface area contributed by atoms with Crippen LogP contribution in [0.5, 0.6) is 5.75 Å². The van der Waals surface area contributed by atoms with Gasteiger partial charge in [0, 0.05) is 12.1 Å². The van der Waals surface area contributed by atoms with Crippen molar-refractivity contribution in [3.8, 4) is 18.0 Å². The van der Waals surface area contributed by atoms with Gasteiger partial charge in [0.15, 0.2) is 0 Å². The van der Waals surface area contributed by atoms with E-state index in [0.717, 1.165) is 36.4 Å². The number of ether oxygens (including phenoxy) is 1. The lowest BCUT2D eigenvalue weighted by Crippen LogP contribution is -2.36. The van der Waals surface area contributed by atoms with Crippen LogP contribution in [0.15, 0.2) is 29.3 Å². The lowest BCUT2D eigenvalue weighted by molar-refractivity contribution is 0.156. The van der Waals surface area contributed by atoms with Crippen molar-refractivity contribution in [3.05, 3.63) is 35.4 Å². The van der Waals surface area contributed by atoms with Crippen LogP contribution >= 0.6 is 0 Å². The molecule has 2 rings (SSSR count). The molecule has 1 aromatic rings. The fraction of sp³-hybridized carbons (Fsp3) is 0.421. The van der Waals surface area contributed by atoms with Gasteiger partial charge in [-0.25, -0.2) is 0 Å². The molecular formula is C19H22N4O. The second-order valence-corrected chi connectivity index (χ2v) is 6.32. The highest BCUT2D eigenvalue weighted by molar-refractivity contribution is 5.91. The lowest BCUT2D eigenvalue weighted by Gasteiger charge is -2.36. The highest BCUT2D eigenvalue weighted by Gasteiger charge is 2.30. The molecule has 124 valence electrons. The largest absolute Gasteiger partial charge is 0.483 e. The van der Waals surface area contributed by atoms with E-state index in [9.17, 15) is 5.26 Å². The van der Waals surface area contributed by atoms with Crippen molar-refractivity contribution in [2.45, 2.75) is 46.1 Å². The number of fused-ring (bicyclic) bond motifs is 1. The zero-order chi connectivity index (χ0) is 17.7. The summed E-state index contributed by atoms with van der Waals surface area (Å²) in [6.45, 7) is 8.69. The molecule has 0 bridgehead atoms. The minimum atomic E-state index is -0.478. The molecule has 1 heterocycles. The molecule has 1 aliphatic heterocycles. The molecule has 0 amide bonds. The summed E-state index contributed by atoms with van der Waals surface area (Å²) < 4.78 is 6.03. The Hall–Kier alpha value is -2.79. The third-order valence-corrected chi connectivity index (χ3v) is 3.87. The van der Waals surface area contributed by atoms with Gasteiger partial charge in [-0.15, -0.1) is 0 Å². The van der Waals surface area contributed by atoms with E-state index in [2.05, 4.69) is 18.0 Å². The molecule has 0 aromatic heterocycles. The Bertz CT molecular complexity index is 763. The summed E-state index contributed by atoms with van der Waals surface area (Å²) in [5, 5.41) is 18.1. The Morgan fingerprint density at radius 1 is 1.33 bits per heavy atom. The molecular weight excluding hydrogens is 300 g/mol. The van der Waals surface area contributed by atoms with Gasteiger partial charge in [-0.2, -0.15) is 15.5 Å². The van der Waals surface area contributed by atoms with Crippen LogP contribution in [0.1, 0.15) is 51.7 Å². The molecule has 0 unspecified atom stereocenters. The normalized spacial score (nSPS) is 15.4. The number of aliphatic imine (C=N–C) groups is 1. The predicted molar refractivity (Wildman–Crippen MR) is 94.2 cm³/mol. The third kappa shape index (κ3) is 3.75. The Morgan fingerprint density at radius 3 is 2.71 bits per heavy atom. The minimum absolute atomic E-state index is 0.478. The van der Waals surface area contributed by atoms with E-state index in [0.29, 0.717) is 11.4 Å². The zero-order valence-electron chi connectivity index (χ0n) is 14.6. The maximum atomic E-state index is 9.21. The first kappa shape index (κ1) is 17.6. The molecule has 5 nitrogen and oxygen atoms in total. The molecule has 5 heteroatoms. The molecule has 0 N–H and O–H groups in total. The first-order valence-corrected chi connectivity index (χ1v) is 8.09. The fourth-order valence-corrected chi connectivity index (χ4v) is 2.74. The van der Waals surface area contributed by atoms with E-state index in [4.69, 9.17) is 10.00 Å². The number of benzene rings is 1. The van der Waals surface area contributed by atoms with Gasteiger partial charge >= 0.3 is 0 Å². The number of hydrogen-bond donors (Lipinski definition) is 0. The van der Waals surface area contributed by atoms with Gasteiger partial charge in [0.25, 0.3) is 0 Å². The van der Waals surface area contributed by atoms with Crippen LogP contribution in [0, 0.1) is 22.8 Å². The zero-order valence-corrected chi connectivity index (χ0v) is 14.6. The number of unbranched alkanes of at least 4 members (excludes halogenated alkanes) is 1. The third-order valence-electron chi connectivity index (χ3n) is 3.87. The van der Waals surface area contributed by atoms with Crippen molar-refractivity contribution in [1.29, 1.82) is 10.5 Å². The molecule has 1 aromatic carbocycles. The molecule has 0 radical (unpaired) electrons. The molecule has 0 saturated heterocycles. The summed E-state index contributed by atoms with van der Waals surface area (Å²) >= 11 is 0. The molecule has 24 heavy (non-hydrogen) atoms. The Balaban J connectivity index is 2.59. The first-order valence-electron chi connectivity index (χ1n) is 8.09. The molecule has 0 atom stereocenters. The van der Waals surface area contributed by atoms with Gasteiger partial charge < -0.3 is 9.64 Å². The Labute approximate surface area is 143 Å². The van der Waals surface area contributed by atoms with Gasteiger partial charge in [-0.1, -0.05) is 13.3 Å². The van der Waals surface area contributed by atoms with Crippen LogP contribution in [-0.2, 0) is 0 Å². The summed E-state index contributed by atoms with van der Waals surface area (Å²) in [4.78, 5) is 5.96. The number of nitrogens with zero attached hydrogens (tertiary/aromatic N) is 4. The van der Waals surface area contributed by atoms with Gasteiger partial charge in [0.1, 0.15) is 17.2 Å². The molecule has 0 saturated carbocycles. The monoisotopic (exact) mass is 322 g/mol. The number of hydrogen-bond acceptors (Lipinski definition) is 4. The van der Waals surface area contributed by atoms with E-state index in [1.165, 1.54) is 0 Å². The molecule has 0 aliphatic carbocycles. The number of rotatable bonds is 4.